The maximum atomic E-state index is 13.2. The summed E-state index contributed by atoms with van der Waals surface area (Å²) in [5.41, 5.74) is 0. The first kappa shape index (κ1) is 23.6. The van der Waals surface area contributed by atoms with Gasteiger partial charge in [0.25, 0.3) is 0 Å². The van der Waals surface area contributed by atoms with Crippen LogP contribution in [-0.4, -0.2) is 37.7 Å². The molecule has 0 spiro atoms. The van der Waals surface area contributed by atoms with Gasteiger partial charge in [0.05, 0.1) is 22.5 Å². The Bertz CT molecular complexity index is 315. The molecule has 8 heteroatoms. The van der Waals surface area contributed by atoms with Crippen LogP contribution in [0.1, 0.15) is 51.4 Å². The summed E-state index contributed by atoms with van der Waals surface area (Å²) >= 11 is 0. The average molecular weight is 342 g/mol. The third-order valence-electron chi connectivity index (χ3n) is 2.87. The van der Waals surface area contributed by atoms with E-state index < -0.39 is 28.2 Å². The van der Waals surface area contributed by atoms with Crippen LogP contribution in [0.4, 0.5) is 13.2 Å². The summed E-state index contributed by atoms with van der Waals surface area (Å²) in [5, 5.41) is 0. The molecule has 0 aromatic carbocycles. The summed E-state index contributed by atoms with van der Waals surface area (Å²) in [4.78, 5) is 0. The average Bonchev–Trinajstić information content (AvgIpc) is 2.30. The minimum absolute atomic E-state index is 0. The zero-order valence-corrected chi connectivity index (χ0v) is 15.9. The van der Waals surface area contributed by atoms with Crippen molar-refractivity contribution in [1.29, 1.82) is 0 Å². The van der Waals surface area contributed by atoms with Crippen molar-refractivity contribution in [2.75, 3.05) is 12.4 Å². The molecule has 116 valence electrons. The van der Waals surface area contributed by atoms with Crippen molar-refractivity contribution in [3.8, 4) is 0 Å². The topological polar surface area (TPSA) is 57.2 Å². The molecule has 20 heavy (non-hydrogen) atoms. The number of rotatable bonds is 12. The summed E-state index contributed by atoms with van der Waals surface area (Å²) in [6, 6.07) is 0. The predicted octanol–water partition coefficient (Wildman–Crippen LogP) is 0.302. The fraction of sp³-hybridized carbons (Fsp3) is 1.00. The van der Waals surface area contributed by atoms with Crippen LogP contribution in [0, 0.1) is 0 Å². The van der Waals surface area contributed by atoms with E-state index in [0.29, 0.717) is 12.8 Å². The maximum absolute atomic E-state index is 13.2. The summed E-state index contributed by atoms with van der Waals surface area (Å²) < 4.78 is 68.7. The van der Waals surface area contributed by atoms with Gasteiger partial charge in [-0.25, -0.2) is 17.2 Å². The Kier molecular flexibility index (Phi) is 16.5. The summed E-state index contributed by atoms with van der Waals surface area (Å²) in [6.07, 6.45) is 1.15. The Morgan fingerprint density at radius 1 is 0.850 bits per heavy atom. The molecule has 2 atom stereocenters. The van der Waals surface area contributed by atoms with Gasteiger partial charge in [0.1, 0.15) is 12.3 Å². The van der Waals surface area contributed by atoms with Crippen LogP contribution >= 0.6 is 0 Å². The van der Waals surface area contributed by atoms with Gasteiger partial charge in [-0.3, -0.25) is 4.39 Å². The van der Waals surface area contributed by atoms with Crippen molar-refractivity contribution in [2.24, 2.45) is 0 Å². The second kappa shape index (κ2) is 14.0. The number of halogens is 3. The van der Waals surface area contributed by atoms with Crippen LogP contribution < -0.4 is 51.4 Å². The van der Waals surface area contributed by atoms with E-state index in [4.69, 9.17) is 0 Å². The molecule has 0 heterocycles. The van der Waals surface area contributed by atoms with Gasteiger partial charge in [-0.2, -0.15) is 0 Å². The predicted molar refractivity (Wildman–Crippen MR) is 67.3 cm³/mol. The fourth-order valence-corrected chi connectivity index (χ4v) is 2.40. The molecule has 0 aliphatic rings. The van der Waals surface area contributed by atoms with E-state index in [1.54, 1.807) is 0 Å². The molecule has 0 saturated carbocycles. The van der Waals surface area contributed by atoms with E-state index in [-0.39, 0.29) is 64.5 Å². The smallest absolute Gasteiger partial charge is 0.748 e. The monoisotopic (exact) mass is 342 g/mol. The SMILES string of the molecule is O=S(=O)([O-])CC(F)C(F)CCCCCCCCCF.[K+]. The van der Waals surface area contributed by atoms with Crippen molar-refractivity contribution in [2.45, 2.75) is 63.7 Å². The Hall–Kier alpha value is 1.34. The molecule has 0 bridgehead atoms. The van der Waals surface area contributed by atoms with Gasteiger partial charge in [-0.05, 0) is 12.8 Å². The molecule has 0 aliphatic carbocycles. The van der Waals surface area contributed by atoms with Gasteiger partial charge in [0, 0.05) is 0 Å². The van der Waals surface area contributed by atoms with E-state index in [2.05, 4.69) is 0 Å². The van der Waals surface area contributed by atoms with E-state index >= 15 is 0 Å². The Labute approximate surface area is 162 Å². The normalized spacial score (nSPS) is 14.6. The second-order valence-electron chi connectivity index (χ2n) is 4.71. The molecule has 0 aromatic heterocycles. The van der Waals surface area contributed by atoms with Gasteiger partial charge in [-0.15, -0.1) is 0 Å². The van der Waals surface area contributed by atoms with Gasteiger partial charge < -0.3 is 4.55 Å². The third-order valence-corrected chi connectivity index (χ3v) is 3.60. The maximum Gasteiger partial charge on any atom is 1.00 e. The van der Waals surface area contributed by atoms with Crippen molar-refractivity contribution in [3.63, 3.8) is 0 Å². The van der Waals surface area contributed by atoms with Gasteiger partial charge in [0.15, 0.2) is 0 Å². The summed E-state index contributed by atoms with van der Waals surface area (Å²) in [5.74, 6) is -1.29. The zero-order valence-electron chi connectivity index (χ0n) is 12.0. The van der Waals surface area contributed by atoms with E-state index in [1.165, 1.54) is 0 Å². The molecule has 0 fully saturated rings. The van der Waals surface area contributed by atoms with Crippen LogP contribution in [0.25, 0.3) is 0 Å². The van der Waals surface area contributed by atoms with Crippen LogP contribution in [-0.2, 0) is 10.1 Å². The Morgan fingerprint density at radius 3 is 1.75 bits per heavy atom. The third kappa shape index (κ3) is 15.7. The van der Waals surface area contributed by atoms with Crippen LogP contribution in [0.15, 0.2) is 0 Å². The number of unbranched alkanes of at least 4 members (excludes halogenated alkanes) is 6. The van der Waals surface area contributed by atoms with Crippen molar-refractivity contribution in [3.05, 3.63) is 0 Å². The Morgan fingerprint density at radius 2 is 1.30 bits per heavy atom. The molecule has 0 saturated heterocycles. The van der Waals surface area contributed by atoms with Crippen molar-refractivity contribution in [1.82, 2.24) is 0 Å². The first-order valence-corrected chi connectivity index (χ1v) is 8.22. The van der Waals surface area contributed by atoms with Crippen molar-refractivity contribution < 1.29 is 77.5 Å². The van der Waals surface area contributed by atoms with E-state index in [0.717, 1.165) is 32.1 Å². The molecular weight excluding hydrogens is 320 g/mol. The largest absolute Gasteiger partial charge is 1.00 e. The first-order valence-electron chi connectivity index (χ1n) is 6.64. The first-order chi connectivity index (χ1) is 8.87. The van der Waals surface area contributed by atoms with Crippen LogP contribution in [0.3, 0.4) is 0 Å². The van der Waals surface area contributed by atoms with Crippen molar-refractivity contribution >= 4 is 10.1 Å². The van der Waals surface area contributed by atoms with E-state index in [1.807, 2.05) is 0 Å². The van der Waals surface area contributed by atoms with Gasteiger partial charge in [-0.1, -0.05) is 38.5 Å². The molecule has 3 nitrogen and oxygen atoms in total. The second-order valence-corrected chi connectivity index (χ2v) is 6.16. The summed E-state index contributed by atoms with van der Waals surface area (Å²) in [6.45, 7) is -0.302. The molecule has 0 aliphatic heterocycles. The van der Waals surface area contributed by atoms with Crippen LogP contribution in [0.2, 0.25) is 0 Å². The molecule has 0 amide bonds. The number of alkyl halides is 3. The van der Waals surface area contributed by atoms with Crippen LogP contribution in [0.5, 0.6) is 0 Å². The standard InChI is InChI=1S/C12H23F3O3S.K/c13-9-7-5-3-1-2-4-6-8-11(14)12(15)10-19(16,17)18;/h11-12H,1-10H2,(H,16,17,18);/q;+1/p-1. The quantitative estimate of drug-likeness (QED) is 0.291. The fourth-order valence-electron chi connectivity index (χ4n) is 1.80. The number of hydrogen-bond donors (Lipinski definition) is 0. The molecule has 0 rings (SSSR count). The number of hydrogen-bond acceptors (Lipinski definition) is 3. The minimum atomic E-state index is -4.71. The van der Waals surface area contributed by atoms with Gasteiger partial charge in [0.2, 0.25) is 0 Å². The van der Waals surface area contributed by atoms with E-state index in [9.17, 15) is 26.1 Å². The molecule has 0 radical (unpaired) electrons. The zero-order chi connectivity index (χ0) is 14.7. The Balaban J connectivity index is 0. The van der Waals surface area contributed by atoms with Gasteiger partial charge >= 0.3 is 51.4 Å². The minimum Gasteiger partial charge on any atom is -0.748 e. The molecular formula is C12H22F3KO3S. The molecule has 0 aromatic rings. The molecule has 2 unspecified atom stereocenters. The summed E-state index contributed by atoms with van der Waals surface area (Å²) in [7, 11) is -4.71. The molecule has 0 N–H and O–H groups in total.